The molecule has 3 N–H and O–H groups in total. The predicted octanol–water partition coefficient (Wildman–Crippen LogP) is 2.83. The lowest BCUT2D eigenvalue weighted by molar-refractivity contribution is 1.05. The van der Waals surface area contributed by atoms with Gasteiger partial charge in [0.1, 0.15) is 5.01 Å². The summed E-state index contributed by atoms with van der Waals surface area (Å²) in [5, 5.41) is 13.1. The third-order valence-corrected chi connectivity index (χ3v) is 2.84. The standard InChI is InChI=1S/C9H9ClN4S/c1-5-13-14-9(15-5)12-8-4-6(11)2-3-7(8)10/h2-4H,11H2,1H3,(H,12,14). The first-order valence-electron chi connectivity index (χ1n) is 4.27. The Morgan fingerprint density at radius 2 is 2.20 bits per heavy atom. The lowest BCUT2D eigenvalue weighted by Gasteiger charge is -2.05. The van der Waals surface area contributed by atoms with E-state index in [1.807, 2.05) is 6.92 Å². The molecule has 6 heteroatoms. The summed E-state index contributed by atoms with van der Waals surface area (Å²) in [4.78, 5) is 0. The second-order valence-corrected chi connectivity index (χ2v) is 4.58. The van der Waals surface area contributed by atoms with Crippen LogP contribution in [0.1, 0.15) is 5.01 Å². The molecule has 0 aliphatic heterocycles. The molecule has 0 saturated carbocycles. The Morgan fingerprint density at radius 3 is 2.87 bits per heavy atom. The number of halogens is 1. The van der Waals surface area contributed by atoms with Gasteiger partial charge in [0, 0.05) is 5.69 Å². The largest absolute Gasteiger partial charge is 0.399 e. The highest BCUT2D eigenvalue weighted by Crippen LogP contribution is 2.28. The summed E-state index contributed by atoms with van der Waals surface area (Å²) in [6.07, 6.45) is 0. The number of rotatable bonds is 2. The normalized spacial score (nSPS) is 10.3. The number of aromatic nitrogens is 2. The van der Waals surface area contributed by atoms with Crippen LogP contribution >= 0.6 is 22.9 Å². The van der Waals surface area contributed by atoms with Crippen molar-refractivity contribution in [2.24, 2.45) is 0 Å². The first kappa shape index (κ1) is 10.2. The second kappa shape index (κ2) is 4.04. The fraction of sp³-hybridized carbons (Fsp3) is 0.111. The van der Waals surface area contributed by atoms with Crippen molar-refractivity contribution in [2.45, 2.75) is 6.92 Å². The van der Waals surface area contributed by atoms with Gasteiger partial charge in [-0.2, -0.15) is 0 Å². The van der Waals surface area contributed by atoms with Gasteiger partial charge in [-0.3, -0.25) is 0 Å². The number of nitrogens with zero attached hydrogens (tertiary/aromatic N) is 2. The van der Waals surface area contributed by atoms with E-state index in [4.69, 9.17) is 17.3 Å². The van der Waals surface area contributed by atoms with Crippen LogP contribution in [0.5, 0.6) is 0 Å². The molecule has 0 radical (unpaired) electrons. The molecule has 0 aliphatic carbocycles. The average molecular weight is 241 g/mol. The lowest BCUT2D eigenvalue weighted by atomic mass is 10.3. The third-order valence-electron chi connectivity index (χ3n) is 1.76. The number of nitrogen functional groups attached to an aromatic ring is 1. The highest BCUT2D eigenvalue weighted by atomic mass is 35.5. The molecule has 0 saturated heterocycles. The van der Waals surface area contributed by atoms with Crippen molar-refractivity contribution < 1.29 is 0 Å². The Hall–Kier alpha value is -1.33. The van der Waals surface area contributed by atoms with E-state index < -0.39 is 0 Å². The maximum absolute atomic E-state index is 5.99. The molecule has 0 bridgehead atoms. The fourth-order valence-corrected chi connectivity index (χ4v) is 1.87. The summed E-state index contributed by atoms with van der Waals surface area (Å²) < 4.78 is 0. The molecular weight excluding hydrogens is 232 g/mol. The van der Waals surface area contributed by atoms with Crippen molar-refractivity contribution in [3.05, 3.63) is 28.2 Å². The van der Waals surface area contributed by atoms with Gasteiger partial charge in [0.05, 0.1) is 10.7 Å². The third kappa shape index (κ3) is 2.37. The lowest BCUT2D eigenvalue weighted by Crippen LogP contribution is -1.92. The molecule has 0 fully saturated rings. The van der Waals surface area contributed by atoms with E-state index in [1.165, 1.54) is 11.3 Å². The van der Waals surface area contributed by atoms with Crippen LogP contribution in [0.4, 0.5) is 16.5 Å². The molecular formula is C9H9ClN4S. The highest BCUT2D eigenvalue weighted by molar-refractivity contribution is 7.15. The maximum Gasteiger partial charge on any atom is 0.210 e. The van der Waals surface area contributed by atoms with Gasteiger partial charge in [-0.05, 0) is 25.1 Å². The zero-order valence-corrected chi connectivity index (χ0v) is 9.56. The van der Waals surface area contributed by atoms with Gasteiger partial charge in [0.15, 0.2) is 0 Å². The van der Waals surface area contributed by atoms with Crippen molar-refractivity contribution in [1.29, 1.82) is 0 Å². The Morgan fingerprint density at radius 1 is 1.40 bits per heavy atom. The quantitative estimate of drug-likeness (QED) is 0.793. The SMILES string of the molecule is Cc1nnc(Nc2cc(N)ccc2Cl)s1. The monoisotopic (exact) mass is 240 g/mol. The van der Waals surface area contributed by atoms with Crippen LogP contribution in [0.2, 0.25) is 5.02 Å². The molecule has 2 rings (SSSR count). The van der Waals surface area contributed by atoms with Crippen LogP contribution in [0.25, 0.3) is 0 Å². The number of benzene rings is 1. The summed E-state index contributed by atoms with van der Waals surface area (Å²) in [5.74, 6) is 0. The summed E-state index contributed by atoms with van der Waals surface area (Å²) >= 11 is 7.46. The van der Waals surface area contributed by atoms with Crippen LogP contribution < -0.4 is 11.1 Å². The Balaban J connectivity index is 2.27. The average Bonchev–Trinajstić information content (AvgIpc) is 2.58. The predicted molar refractivity (Wildman–Crippen MR) is 63.8 cm³/mol. The molecule has 0 unspecified atom stereocenters. The summed E-state index contributed by atoms with van der Waals surface area (Å²) in [6, 6.07) is 5.26. The van der Waals surface area contributed by atoms with Crippen molar-refractivity contribution in [3.8, 4) is 0 Å². The van der Waals surface area contributed by atoms with E-state index in [2.05, 4.69) is 15.5 Å². The van der Waals surface area contributed by atoms with E-state index in [1.54, 1.807) is 18.2 Å². The maximum atomic E-state index is 5.99. The Bertz CT molecular complexity index is 483. The van der Waals surface area contributed by atoms with Crippen LogP contribution in [0, 0.1) is 6.92 Å². The molecule has 4 nitrogen and oxygen atoms in total. The van der Waals surface area contributed by atoms with Crippen molar-refractivity contribution >= 4 is 39.4 Å². The van der Waals surface area contributed by atoms with Gasteiger partial charge in [0.2, 0.25) is 5.13 Å². The van der Waals surface area contributed by atoms with E-state index >= 15 is 0 Å². The van der Waals surface area contributed by atoms with Crippen molar-refractivity contribution in [2.75, 3.05) is 11.1 Å². The van der Waals surface area contributed by atoms with Crippen molar-refractivity contribution in [3.63, 3.8) is 0 Å². The summed E-state index contributed by atoms with van der Waals surface area (Å²) in [6.45, 7) is 1.89. The molecule has 0 aliphatic rings. The fourth-order valence-electron chi connectivity index (χ4n) is 1.10. The van der Waals surface area contributed by atoms with E-state index in [0.717, 1.165) is 10.7 Å². The number of nitrogens with one attached hydrogen (secondary N) is 1. The van der Waals surface area contributed by atoms with Gasteiger partial charge in [-0.25, -0.2) is 0 Å². The van der Waals surface area contributed by atoms with Gasteiger partial charge < -0.3 is 11.1 Å². The van der Waals surface area contributed by atoms with Crippen LogP contribution in [0.15, 0.2) is 18.2 Å². The van der Waals surface area contributed by atoms with Crippen LogP contribution in [-0.2, 0) is 0 Å². The number of aryl methyl sites for hydroxylation is 1. The topological polar surface area (TPSA) is 63.8 Å². The van der Waals surface area contributed by atoms with Gasteiger partial charge in [-0.1, -0.05) is 22.9 Å². The summed E-state index contributed by atoms with van der Waals surface area (Å²) in [5.41, 5.74) is 7.05. The number of nitrogens with two attached hydrogens (primary N) is 1. The van der Waals surface area contributed by atoms with Crippen molar-refractivity contribution in [1.82, 2.24) is 10.2 Å². The second-order valence-electron chi connectivity index (χ2n) is 2.99. The van der Waals surface area contributed by atoms with Gasteiger partial charge >= 0.3 is 0 Å². The zero-order chi connectivity index (χ0) is 10.8. The molecule has 0 amide bonds. The number of anilines is 3. The summed E-state index contributed by atoms with van der Waals surface area (Å²) in [7, 11) is 0. The molecule has 1 aromatic carbocycles. The van der Waals surface area contributed by atoms with Crippen LogP contribution in [-0.4, -0.2) is 10.2 Å². The van der Waals surface area contributed by atoms with E-state index in [0.29, 0.717) is 15.8 Å². The zero-order valence-electron chi connectivity index (χ0n) is 7.99. The molecule has 2 aromatic rings. The molecule has 1 aromatic heterocycles. The minimum Gasteiger partial charge on any atom is -0.399 e. The van der Waals surface area contributed by atoms with E-state index in [-0.39, 0.29) is 0 Å². The highest BCUT2D eigenvalue weighted by Gasteiger charge is 2.04. The molecule has 15 heavy (non-hydrogen) atoms. The van der Waals surface area contributed by atoms with E-state index in [9.17, 15) is 0 Å². The number of hydrogen-bond acceptors (Lipinski definition) is 5. The molecule has 78 valence electrons. The minimum atomic E-state index is 0.608. The first-order chi connectivity index (χ1) is 7.15. The van der Waals surface area contributed by atoms with Gasteiger partial charge in [-0.15, -0.1) is 10.2 Å². The minimum absolute atomic E-state index is 0.608. The molecule has 0 atom stereocenters. The number of hydrogen-bond donors (Lipinski definition) is 2. The smallest absolute Gasteiger partial charge is 0.210 e. The Labute approximate surface area is 96.1 Å². The molecule has 0 spiro atoms. The van der Waals surface area contributed by atoms with Crippen LogP contribution in [0.3, 0.4) is 0 Å². The first-order valence-corrected chi connectivity index (χ1v) is 5.47. The molecule has 1 heterocycles. The van der Waals surface area contributed by atoms with Gasteiger partial charge in [0.25, 0.3) is 0 Å². The Kier molecular flexibility index (Phi) is 2.75.